The summed E-state index contributed by atoms with van der Waals surface area (Å²) in [6.07, 6.45) is 1.44. The van der Waals surface area contributed by atoms with Gasteiger partial charge in [0, 0.05) is 37.5 Å². The molecular formula is C15H22N2O2. The zero-order valence-corrected chi connectivity index (χ0v) is 12.4. The molecule has 0 atom stereocenters. The van der Waals surface area contributed by atoms with Crippen LogP contribution in [0, 0.1) is 12.3 Å². The van der Waals surface area contributed by atoms with Gasteiger partial charge in [0.25, 0.3) is 0 Å². The highest BCUT2D eigenvalue weighted by Gasteiger charge is 2.34. The Kier molecular flexibility index (Phi) is 3.29. The van der Waals surface area contributed by atoms with Crippen LogP contribution >= 0.6 is 0 Å². The van der Waals surface area contributed by atoms with E-state index in [4.69, 9.17) is 0 Å². The van der Waals surface area contributed by atoms with Crippen LogP contribution < -0.4 is 0 Å². The average molecular weight is 262 g/mol. The number of fused-ring (bicyclic) bond motifs is 1. The summed E-state index contributed by atoms with van der Waals surface area (Å²) in [6.45, 7) is 6.49. The molecule has 4 heteroatoms. The van der Waals surface area contributed by atoms with Gasteiger partial charge in [-0.2, -0.15) is 0 Å². The number of rotatable bonds is 2. The molecule has 0 aromatic carbocycles. The second-order valence-electron chi connectivity index (χ2n) is 6.46. The quantitative estimate of drug-likeness (QED) is 0.818. The number of aryl methyl sites for hydroxylation is 1. The lowest BCUT2D eigenvalue weighted by Gasteiger charge is -2.30. The molecule has 1 heterocycles. The Bertz CT molecular complexity index is 539. The highest BCUT2D eigenvalue weighted by atomic mass is 16.2. The van der Waals surface area contributed by atoms with Gasteiger partial charge >= 0.3 is 0 Å². The molecule has 0 bridgehead atoms. The summed E-state index contributed by atoms with van der Waals surface area (Å²) >= 11 is 0. The number of carbonyl (C=O) groups is 2. The molecule has 1 aliphatic carbocycles. The number of amides is 1. The van der Waals surface area contributed by atoms with Crippen molar-refractivity contribution in [3.8, 4) is 0 Å². The van der Waals surface area contributed by atoms with E-state index in [2.05, 4.69) is 13.8 Å². The number of hydrogen-bond donors (Lipinski definition) is 0. The van der Waals surface area contributed by atoms with Crippen molar-refractivity contribution in [3.63, 3.8) is 0 Å². The predicted molar refractivity (Wildman–Crippen MR) is 74.3 cm³/mol. The summed E-state index contributed by atoms with van der Waals surface area (Å²) in [7, 11) is 3.51. The van der Waals surface area contributed by atoms with Crippen LogP contribution in [0.3, 0.4) is 0 Å². The number of likely N-dealkylation sites (N-methyl/N-ethyl adjacent to an activating group) is 1. The number of carbonyl (C=O) groups excluding carboxylic acids is 2. The fourth-order valence-corrected chi connectivity index (χ4v) is 2.70. The van der Waals surface area contributed by atoms with Gasteiger partial charge in [-0.15, -0.1) is 0 Å². The fourth-order valence-electron chi connectivity index (χ4n) is 2.70. The Morgan fingerprint density at radius 1 is 1.37 bits per heavy atom. The van der Waals surface area contributed by atoms with E-state index in [1.165, 1.54) is 0 Å². The fraction of sp³-hybridized carbons (Fsp3) is 0.600. The van der Waals surface area contributed by atoms with E-state index in [9.17, 15) is 9.59 Å². The van der Waals surface area contributed by atoms with Gasteiger partial charge in [-0.05, 0) is 24.8 Å². The normalized spacial score (nSPS) is 17.2. The molecule has 104 valence electrons. The zero-order valence-electron chi connectivity index (χ0n) is 12.4. The first-order valence-corrected chi connectivity index (χ1v) is 6.63. The van der Waals surface area contributed by atoms with E-state index in [1.807, 2.05) is 17.6 Å². The van der Waals surface area contributed by atoms with E-state index in [1.54, 1.807) is 19.0 Å². The predicted octanol–water partition coefficient (Wildman–Crippen LogP) is 2.04. The SMILES string of the molecule is Cc1cc2c(n1CC(=O)N(C)C)CC(C)(C)CC2=O. The van der Waals surface area contributed by atoms with Crippen LogP contribution in [0.4, 0.5) is 0 Å². The maximum atomic E-state index is 12.2. The summed E-state index contributed by atoms with van der Waals surface area (Å²) in [5, 5.41) is 0. The topological polar surface area (TPSA) is 42.3 Å². The van der Waals surface area contributed by atoms with Crippen molar-refractivity contribution < 1.29 is 9.59 Å². The zero-order chi connectivity index (χ0) is 14.4. The van der Waals surface area contributed by atoms with Gasteiger partial charge in [0.05, 0.1) is 0 Å². The minimum Gasteiger partial charge on any atom is -0.347 e. The maximum absolute atomic E-state index is 12.2. The summed E-state index contributed by atoms with van der Waals surface area (Å²) < 4.78 is 2.00. The van der Waals surface area contributed by atoms with Crippen molar-refractivity contribution in [2.75, 3.05) is 14.1 Å². The lowest BCUT2D eigenvalue weighted by molar-refractivity contribution is -0.129. The Hall–Kier alpha value is -1.58. The Morgan fingerprint density at radius 2 is 2.00 bits per heavy atom. The van der Waals surface area contributed by atoms with Gasteiger partial charge in [0.1, 0.15) is 6.54 Å². The van der Waals surface area contributed by atoms with Gasteiger partial charge in [-0.3, -0.25) is 9.59 Å². The molecule has 0 unspecified atom stereocenters. The minimum atomic E-state index is -0.0200. The van der Waals surface area contributed by atoms with Crippen LogP contribution in [-0.4, -0.2) is 35.3 Å². The number of aromatic nitrogens is 1. The van der Waals surface area contributed by atoms with Crippen molar-refractivity contribution in [2.24, 2.45) is 5.41 Å². The Labute approximate surface area is 114 Å². The number of nitrogens with zero attached hydrogens (tertiary/aromatic N) is 2. The monoisotopic (exact) mass is 262 g/mol. The van der Waals surface area contributed by atoms with Crippen molar-refractivity contribution >= 4 is 11.7 Å². The maximum Gasteiger partial charge on any atom is 0.241 e. The summed E-state index contributed by atoms with van der Waals surface area (Å²) in [5.74, 6) is 0.253. The first kappa shape index (κ1) is 13.8. The molecule has 0 fully saturated rings. The molecule has 1 aliphatic rings. The molecule has 1 aromatic heterocycles. The van der Waals surface area contributed by atoms with Crippen LogP contribution in [0.5, 0.6) is 0 Å². The van der Waals surface area contributed by atoms with Gasteiger partial charge in [0.15, 0.2) is 5.78 Å². The van der Waals surface area contributed by atoms with E-state index >= 15 is 0 Å². The first-order chi connectivity index (χ1) is 8.71. The number of ketones is 1. The molecule has 0 radical (unpaired) electrons. The average Bonchev–Trinajstić information content (AvgIpc) is 2.55. The second kappa shape index (κ2) is 4.51. The highest BCUT2D eigenvalue weighted by Crippen LogP contribution is 2.36. The van der Waals surface area contributed by atoms with Gasteiger partial charge < -0.3 is 9.47 Å². The Morgan fingerprint density at radius 3 is 2.58 bits per heavy atom. The van der Waals surface area contributed by atoms with Crippen molar-refractivity contribution in [3.05, 3.63) is 23.0 Å². The van der Waals surface area contributed by atoms with Crippen molar-refractivity contribution in [1.82, 2.24) is 9.47 Å². The first-order valence-electron chi connectivity index (χ1n) is 6.63. The molecule has 0 aliphatic heterocycles. The molecule has 19 heavy (non-hydrogen) atoms. The van der Waals surface area contributed by atoms with Crippen LogP contribution in [0.2, 0.25) is 0 Å². The van der Waals surface area contributed by atoms with Crippen LogP contribution in [0.1, 0.15) is 42.0 Å². The van der Waals surface area contributed by atoms with Crippen molar-refractivity contribution in [2.45, 2.75) is 40.2 Å². The third kappa shape index (κ3) is 2.57. The molecule has 0 saturated heterocycles. The summed E-state index contributed by atoms with van der Waals surface area (Å²) in [5.41, 5.74) is 2.80. The van der Waals surface area contributed by atoms with Gasteiger partial charge in [0.2, 0.25) is 5.91 Å². The molecular weight excluding hydrogens is 240 g/mol. The van der Waals surface area contributed by atoms with Gasteiger partial charge in [-0.25, -0.2) is 0 Å². The smallest absolute Gasteiger partial charge is 0.241 e. The molecule has 0 N–H and O–H groups in total. The van der Waals surface area contributed by atoms with Gasteiger partial charge in [-0.1, -0.05) is 13.8 Å². The molecule has 0 saturated carbocycles. The van der Waals surface area contributed by atoms with E-state index in [0.29, 0.717) is 13.0 Å². The summed E-state index contributed by atoms with van der Waals surface area (Å²) in [6, 6.07) is 1.93. The second-order valence-corrected chi connectivity index (χ2v) is 6.46. The largest absolute Gasteiger partial charge is 0.347 e. The summed E-state index contributed by atoms with van der Waals surface area (Å²) in [4.78, 5) is 25.7. The molecule has 1 amide bonds. The molecule has 1 aromatic rings. The highest BCUT2D eigenvalue weighted by molar-refractivity contribution is 5.99. The standard InChI is InChI=1S/C15H22N2O2/c1-10-6-11-12(7-15(2,3)8-13(11)18)17(10)9-14(19)16(4)5/h6H,7-9H2,1-5H3. The van der Waals surface area contributed by atoms with E-state index < -0.39 is 0 Å². The Balaban J connectivity index is 2.42. The molecule has 4 nitrogen and oxygen atoms in total. The van der Waals surface area contributed by atoms with Crippen molar-refractivity contribution in [1.29, 1.82) is 0 Å². The third-order valence-electron chi connectivity index (χ3n) is 3.79. The van der Waals surface area contributed by atoms with E-state index in [-0.39, 0.29) is 17.1 Å². The van der Waals surface area contributed by atoms with Crippen LogP contribution in [0.15, 0.2) is 6.07 Å². The van der Waals surface area contributed by atoms with Crippen LogP contribution in [0.25, 0.3) is 0 Å². The van der Waals surface area contributed by atoms with Crippen LogP contribution in [-0.2, 0) is 17.8 Å². The third-order valence-corrected chi connectivity index (χ3v) is 3.79. The lowest BCUT2D eigenvalue weighted by atomic mass is 9.76. The molecule has 0 spiro atoms. The van der Waals surface area contributed by atoms with E-state index in [0.717, 1.165) is 23.4 Å². The number of Topliss-reactive ketones (excluding diaryl/α,β-unsaturated/α-hetero) is 1. The number of hydrogen-bond acceptors (Lipinski definition) is 2. The molecule has 2 rings (SSSR count). The lowest BCUT2D eigenvalue weighted by Crippen LogP contribution is -2.31. The minimum absolute atomic E-state index is 0.0200.